The van der Waals surface area contributed by atoms with E-state index >= 15 is 0 Å². The maximum absolute atomic E-state index is 11.0. The topological polar surface area (TPSA) is 102 Å². The summed E-state index contributed by atoms with van der Waals surface area (Å²) in [6.45, 7) is 0.151. The molecule has 0 aliphatic heterocycles. The minimum absolute atomic E-state index is 0.0941. The van der Waals surface area contributed by atoms with Crippen molar-refractivity contribution in [1.29, 1.82) is 0 Å². The molecule has 9 heteroatoms. The highest BCUT2D eigenvalue weighted by Crippen LogP contribution is 2.28. The zero-order valence-corrected chi connectivity index (χ0v) is 12.2. The van der Waals surface area contributed by atoms with E-state index in [0.717, 1.165) is 0 Å². The number of hydrogen-bond acceptors (Lipinski definition) is 6. The summed E-state index contributed by atoms with van der Waals surface area (Å²) in [5.41, 5.74) is 0.244. The normalized spacial score (nSPS) is 10.3. The van der Waals surface area contributed by atoms with Gasteiger partial charge < -0.3 is 4.90 Å². The van der Waals surface area contributed by atoms with Crippen LogP contribution in [0.25, 0.3) is 0 Å². The lowest BCUT2D eigenvalue weighted by molar-refractivity contribution is -0.384. The number of rotatable bonds is 5. The van der Waals surface area contributed by atoms with Crippen LogP contribution in [0, 0.1) is 20.2 Å². The lowest BCUT2D eigenvalue weighted by Gasteiger charge is -2.18. The van der Waals surface area contributed by atoms with Gasteiger partial charge in [0, 0.05) is 43.0 Å². The van der Waals surface area contributed by atoms with Crippen molar-refractivity contribution < 1.29 is 9.85 Å². The molecule has 2 rings (SSSR count). The molecule has 0 unspecified atom stereocenters. The number of anilines is 1. The molecule has 2 aromatic rings. The van der Waals surface area contributed by atoms with Gasteiger partial charge in [0.15, 0.2) is 0 Å². The molecule has 0 saturated heterocycles. The van der Waals surface area contributed by atoms with Gasteiger partial charge in [0.25, 0.3) is 5.69 Å². The van der Waals surface area contributed by atoms with Gasteiger partial charge in [-0.2, -0.15) is 0 Å². The first-order valence-corrected chi connectivity index (χ1v) is 6.51. The first-order valence-electron chi connectivity index (χ1n) is 6.13. The molecule has 0 spiro atoms. The zero-order valence-electron chi connectivity index (χ0n) is 11.5. The van der Waals surface area contributed by atoms with E-state index in [-0.39, 0.29) is 23.7 Å². The summed E-state index contributed by atoms with van der Waals surface area (Å²) in [6, 6.07) is 6.88. The number of nitrogens with zero attached hydrogens (tertiary/aromatic N) is 4. The molecule has 22 heavy (non-hydrogen) atoms. The number of hydrogen-bond donors (Lipinski definition) is 0. The van der Waals surface area contributed by atoms with Crippen LogP contribution in [0.4, 0.5) is 17.2 Å². The molecular formula is C13H11ClN4O4. The van der Waals surface area contributed by atoms with Crippen LogP contribution in [0.3, 0.4) is 0 Å². The van der Waals surface area contributed by atoms with Crippen molar-refractivity contribution in [2.24, 2.45) is 0 Å². The summed E-state index contributed by atoms with van der Waals surface area (Å²) in [5.74, 6) is 0.162. The van der Waals surface area contributed by atoms with Crippen LogP contribution in [0.5, 0.6) is 0 Å². The average Bonchev–Trinajstić information content (AvgIpc) is 2.49. The van der Waals surface area contributed by atoms with Gasteiger partial charge >= 0.3 is 5.69 Å². The molecule has 0 amide bonds. The van der Waals surface area contributed by atoms with Crippen LogP contribution in [-0.4, -0.2) is 21.9 Å². The van der Waals surface area contributed by atoms with E-state index in [0.29, 0.717) is 10.6 Å². The number of nitro benzene ring substituents is 1. The van der Waals surface area contributed by atoms with Gasteiger partial charge in [-0.05, 0) is 17.7 Å². The van der Waals surface area contributed by atoms with E-state index in [9.17, 15) is 20.2 Å². The lowest BCUT2D eigenvalue weighted by Crippen LogP contribution is -2.19. The highest BCUT2D eigenvalue weighted by atomic mass is 35.5. The Balaban J connectivity index is 2.33. The van der Waals surface area contributed by atoms with Crippen molar-refractivity contribution in [2.75, 3.05) is 11.9 Å². The highest BCUT2D eigenvalue weighted by Gasteiger charge is 2.19. The third-order valence-corrected chi connectivity index (χ3v) is 3.34. The van der Waals surface area contributed by atoms with Crippen molar-refractivity contribution in [2.45, 2.75) is 6.54 Å². The van der Waals surface area contributed by atoms with E-state index in [1.54, 1.807) is 7.05 Å². The molecule has 0 N–H and O–H groups in total. The fourth-order valence-corrected chi connectivity index (χ4v) is 2.13. The Morgan fingerprint density at radius 1 is 1.23 bits per heavy atom. The fraction of sp³-hybridized carbons (Fsp3) is 0.154. The highest BCUT2D eigenvalue weighted by molar-refractivity contribution is 6.31. The number of pyridine rings is 1. The lowest BCUT2D eigenvalue weighted by atomic mass is 10.2. The number of halogens is 1. The molecule has 1 aromatic heterocycles. The summed E-state index contributed by atoms with van der Waals surface area (Å²) >= 11 is 6.03. The molecule has 0 atom stereocenters. The van der Waals surface area contributed by atoms with Crippen molar-refractivity contribution in [3.63, 3.8) is 0 Å². The number of benzene rings is 1. The third-order valence-electron chi connectivity index (χ3n) is 2.97. The molecular weight excluding hydrogens is 312 g/mol. The van der Waals surface area contributed by atoms with Crippen LogP contribution in [-0.2, 0) is 6.54 Å². The molecule has 0 aliphatic carbocycles. The van der Waals surface area contributed by atoms with Gasteiger partial charge in [-0.1, -0.05) is 11.6 Å². The van der Waals surface area contributed by atoms with E-state index in [2.05, 4.69) is 4.98 Å². The molecule has 8 nitrogen and oxygen atoms in total. The summed E-state index contributed by atoms with van der Waals surface area (Å²) in [6.07, 6.45) is 1.44. The van der Waals surface area contributed by atoms with Gasteiger partial charge in [0.2, 0.25) is 5.82 Å². The molecule has 0 saturated carbocycles. The van der Waals surface area contributed by atoms with E-state index in [1.165, 1.54) is 41.4 Å². The van der Waals surface area contributed by atoms with Gasteiger partial charge in [-0.25, -0.2) is 4.98 Å². The predicted octanol–water partition coefficient (Wildman–Crippen LogP) is 3.19. The van der Waals surface area contributed by atoms with Crippen molar-refractivity contribution in [3.8, 4) is 0 Å². The van der Waals surface area contributed by atoms with Crippen LogP contribution in [0.15, 0.2) is 36.5 Å². The van der Waals surface area contributed by atoms with Gasteiger partial charge in [0.05, 0.1) is 9.85 Å². The monoisotopic (exact) mass is 322 g/mol. The van der Waals surface area contributed by atoms with E-state index in [4.69, 9.17) is 11.6 Å². The SMILES string of the molecule is CN(Cc1cc([N+](=O)[O-])ccc1Cl)c1ncccc1[N+](=O)[O-]. The van der Waals surface area contributed by atoms with Crippen LogP contribution >= 0.6 is 11.6 Å². The molecule has 0 aliphatic rings. The Hall–Kier alpha value is -2.74. The third kappa shape index (κ3) is 3.29. The second-order valence-electron chi connectivity index (χ2n) is 4.49. The molecule has 0 radical (unpaired) electrons. The van der Waals surface area contributed by atoms with Gasteiger partial charge in [-0.3, -0.25) is 20.2 Å². The second-order valence-corrected chi connectivity index (χ2v) is 4.90. The minimum Gasteiger partial charge on any atom is -0.350 e. The van der Waals surface area contributed by atoms with Crippen LogP contribution < -0.4 is 4.90 Å². The van der Waals surface area contributed by atoms with E-state index in [1.807, 2.05) is 0 Å². The summed E-state index contributed by atoms with van der Waals surface area (Å²) in [4.78, 5) is 26.3. The minimum atomic E-state index is -0.534. The maximum Gasteiger partial charge on any atom is 0.311 e. The first kappa shape index (κ1) is 15.6. The maximum atomic E-state index is 11.0. The standard InChI is InChI=1S/C13H11ClN4O4/c1-16(13-12(18(21)22)3-2-6-15-13)8-9-7-10(17(19)20)4-5-11(9)14/h2-7H,8H2,1H3. The Kier molecular flexibility index (Phi) is 4.52. The predicted molar refractivity (Wildman–Crippen MR) is 81.1 cm³/mol. The second kappa shape index (κ2) is 6.35. The van der Waals surface area contributed by atoms with Gasteiger partial charge in [0.1, 0.15) is 0 Å². The first-order chi connectivity index (χ1) is 10.4. The zero-order chi connectivity index (χ0) is 16.3. The Bertz CT molecular complexity index is 738. The Morgan fingerprint density at radius 3 is 2.59 bits per heavy atom. The molecule has 0 bridgehead atoms. The largest absolute Gasteiger partial charge is 0.350 e. The number of aromatic nitrogens is 1. The number of non-ortho nitro benzene ring substituents is 1. The molecule has 1 aromatic carbocycles. The molecule has 114 valence electrons. The van der Waals surface area contributed by atoms with Crippen LogP contribution in [0.2, 0.25) is 5.02 Å². The molecule has 0 fully saturated rings. The quantitative estimate of drug-likeness (QED) is 0.618. The average molecular weight is 323 g/mol. The van der Waals surface area contributed by atoms with Crippen molar-refractivity contribution >= 4 is 28.8 Å². The molecule has 1 heterocycles. The Morgan fingerprint density at radius 2 is 1.95 bits per heavy atom. The fourth-order valence-electron chi connectivity index (χ4n) is 1.95. The summed E-state index contributed by atoms with van der Waals surface area (Å²) < 4.78 is 0. The van der Waals surface area contributed by atoms with Crippen LogP contribution in [0.1, 0.15) is 5.56 Å². The summed E-state index contributed by atoms with van der Waals surface area (Å²) in [5, 5.41) is 22.2. The van der Waals surface area contributed by atoms with Crippen molar-refractivity contribution in [3.05, 3.63) is 67.3 Å². The Labute approximate surface area is 130 Å². The smallest absolute Gasteiger partial charge is 0.311 e. The van der Waals surface area contributed by atoms with Crippen molar-refractivity contribution in [1.82, 2.24) is 4.98 Å². The summed E-state index contributed by atoms with van der Waals surface area (Å²) in [7, 11) is 1.60. The van der Waals surface area contributed by atoms with Gasteiger partial charge in [-0.15, -0.1) is 0 Å². The number of nitro groups is 2. The van der Waals surface area contributed by atoms with E-state index < -0.39 is 9.85 Å².